The summed E-state index contributed by atoms with van der Waals surface area (Å²) in [4.78, 5) is 6.60. The third-order valence-corrected chi connectivity index (χ3v) is 4.65. The number of hydrogen-bond donors (Lipinski definition) is 2. The second kappa shape index (κ2) is 12.4. The average molecular weight is 461 g/mol. The second-order valence-electron chi connectivity index (χ2n) is 6.51. The van der Waals surface area contributed by atoms with Gasteiger partial charge in [-0.05, 0) is 55.7 Å². The minimum Gasteiger partial charge on any atom is -0.508 e. The maximum atomic E-state index is 9.30. The van der Waals surface area contributed by atoms with Gasteiger partial charge in [0.15, 0.2) is 5.96 Å². The minimum atomic E-state index is 0. The lowest BCUT2D eigenvalue weighted by Crippen LogP contribution is -2.40. The maximum absolute atomic E-state index is 9.30. The van der Waals surface area contributed by atoms with Crippen LogP contribution in [0.4, 0.5) is 0 Å². The number of nitrogens with zero attached hydrogens (tertiary/aromatic N) is 2. The SMILES string of the molecule is CN=C(NCCCc1ccc(O)cc1)N(C)CCC1CCOCC1.I. The first-order valence-electron chi connectivity index (χ1n) is 8.96. The quantitative estimate of drug-likeness (QED) is 0.283. The van der Waals surface area contributed by atoms with E-state index in [-0.39, 0.29) is 24.0 Å². The fourth-order valence-corrected chi connectivity index (χ4v) is 3.06. The smallest absolute Gasteiger partial charge is 0.193 e. The van der Waals surface area contributed by atoms with Crippen molar-refractivity contribution >= 4 is 29.9 Å². The molecule has 0 saturated carbocycles. The zero-order valence-corrected chi connectivity index (χ0v) is 17.7. The van der Waals surface area contributed by atoms with Crippen LogP contribution in [0.25, 0.3) is 0 Å². The molecule has 25 heavy (non-hydrogen) atoms. The molecule has 0 amide bonds. The van der Waals surface area contributed by atoms with Crippen molar-refractivity contribution in [2.75, 3.05) is 40.4 Å². The number of guanidine groups is 1. The third kappa shape index (κ3) is 8.27. The summed E-state index contributed by atoms with van der Waals surface area (Å²) in [6, 6.07) is 7.44. The van der Waals surface area contributed by atoms with Crippen LogP contribution in [-0.4, -0.2) is 56.4 Å². The monoisotopic (exact) mass is 461 g/mol. The summed E-state index contributed by atoms with van der Waals surface area (Å²) in [5.74, 6) is 2.07. The summed E-state index contributed by atoms with van der Waals surface area (Å²) in [6.45, 7) is 3.76. The van der Waals surface area contributed by atoms with Crippen LogP contribution in [0, 0.1) is 5.92 Å². The van der Waals surface area contributed by atoms with Gasteiger partial charge in [0, 0.05) is 40.4 Å². The van der Waals surface area contributed by atoms with Gasteiger partial charge < -0.3 is 20.1 Å². The van der Waals surface area contributed by atoms with E-state index in [9.17, 15) is 5.11 Å². The zero-order chi connectivity index (χ0) is 17.2. The third-order valence-electron chi connectivity index (χ3n) is 4.65. The van der Waals surface area contributed by atoms with Gasteiger partial charge in [-0.3, -0.25) is 4.99 Å². The van der Waals surface area contributed by atoms with Crippen LogP contribution in [0.15, 0.2) is 29.3 Å². The van der Waals surface area contributed by atoms with Crippen LogP contribution in [0.1, 0.15) is 31.2 Å². The van der Waals surface area contributed by atoms with E-state index < -0.39 is 0 Å². The molecule has 0 bridgehead atoms. The van der Waals surface area contributed by atoms with Crippen molar-refractivity contribution in [3.05, 3.63) is 29.8 Å². The standard InChI is InChI=1S/C19H31N3O2.HI/c1-20-19(22(2)13-9-17-10-14-24-15-11-17)21-12-3-4-16-5-7-18(23)8-6-16;/h5-8,17,23H,3-4,9-15H2,1-2H3,(H,20,21);1H. The van der Waals surface area contributed by atoms with Crippen LogP contribution in [0.2, 0.25) is 0 Å². The molecule has 1 saturated heterocycles. The van der Waals surface area contributed by atoms with Crippen molar-refractivity contribution in [3.63, 3.8) is 0 Å². The normalized spacial score (nSPS) is 15.5. The lowest BCUT2D eigenvalue weighted by Gasteiger charge is -2.26. The summed E-state index contributed by atoms with van der Waals surface area (Å²) >= 11 is 0. The number of benzene rings is 1. The van der Waals surface area contributed by atoms with E-state index in [1.807, 2.05) is 19.2 Å². The first-order chi connectivity index (χ1) is 11.7. The number of nitrogens with one attached hydrogen (secondary N) is 1. The summed E-state index contributed by atoms with van der Waals surface area (Å²) < 4.78 is 5.42. The van der Waals surface area contributed by atoms with E-state index in [4.69, 9.17) is 4.74 Å². The van der Waals surface area contributed by atoms with Crippen molar-refractivity contribution in [1.29, 1.82) is 0 Å². The van der Waals surface area contributed by atoms with Gasteiger partial charge in [0.2, 0.25) is 0 Å². The highest BCUT2D eigenvalue weighted by Gasteiger charge is 2.15. The molecular formula is C19H32IN3O2. The summed E-state index contributed by atoms with van der Waals surface area (Å²) in [7, 11) is 3.95. The van der Waals surface area contributed by atoms with E-state index in [0.29, 0.717) is 5.75 Å². The Hall–Kier alpha value is -1.02. The van der Waals surface area contributed by atoms with Gasteiger partial charge >= 0.3 is 0 Å². The van der Waals surface area contributed by atoms with Crippen LogP contribution >= 0.6 is 24.0 Å². The van der Waals surface area contributed by atoms with Crippen molar-refractivity contribution in [3.8, 4) is 5.75 Å². The molecule has 5 nitrogen and oxygen atoms in total. The summed E-state index contributed by atoms with van der Waals surface area (Å²) in [6.07, 6.45) is 5.61. The van der Waals surface area contributed by atoms with Crippen LogP contribution < -0.4 is 5.32 Å². The Morgan fingerprint density at radius 3 is 2.60 bits per heavy atom. The Labute approximate surface area is 168 Å². The first kappa shape index (κ1) is 22.0. The highest BCUT2D eigenvalue weighted by Crippen LogP contribution is 2.18. The molecule has 0 radical (unpaired) electrons. The zero-order valence-electron chi connectivity index (χ0n) is 15.4. The van der Waals surface area contributed by atoms with Gasteiger partial charge in [-0.25, -0.2) is 0 Å². The van der Waals surface area contributed by atoms with Crippen molar-refractivity contribution in [1.82, 2.24) is 10.2 Å². The van der Waals surface area contributed by atoms with Crippen molar-refractivity contribution in [2.24, 2.45) is 10.9 Å². The molecule has 2 N–H and O–H groups in total. The number of halogens is 1. The molecule has 142 valence electrons. The highest BCUT2D eigenvalue weighted by atomic mass is 127. The van der Waals surface area contributed by atoms with Gasteiger partial charge in [-0.15, -0.1) is 24.0 Å². The Morgan fingerprint density at radius 1 is 1.28 bits per heavy atom. The molecule has 0 spiro atoms. The maximum Gasteiger partial charge on any atom is 0.193 e. The number of phenolic OH excluding ortho intramolecular Hbond substituents is 1. The Morgan fingerprint density at radius 2 is 1.96 bits per heavy atom. The number of phenols is 1. The molecule has 6 heteroatoms. The van der Waals surface area contributed by atoms with Crippen LogP contribution in [0.3, 0.4) is 0 Å². The fraction of sp³-hybridized carbons (Fsp3) is 0.632. The highest BCUT2D eigenvalue weighted by molar-refractivity contribution is 14.0. The topological polar surface area (TPSA) is 57.1 Å². The van der Waals surface area contributed by atoms with E-state index in [0.717, 1.165) is 51.0 Å². The van der Waals surface area contributed by atoms with E-state index >= 15 is 0 Å². The molecule has 0 atom stereocenters. The van der Waals surface area contributed by atoms with Crippen LogP contribution in [0.5, 0.6) is 5.75 Å². The number of ether oxygens (including phenoxy) is 1. The van der Waals surface area contributed by atoms with E-state index in [1.54, 1.807) is 12.1 Å². The lowest BCUT2D eigenvalue weighted by molar-refractivity contribution is 0.0625. The molecule has 2 rings (SSSR count). The number of aliphatic imine (C=N–C) groups is 1. The Balaban J connectivity index is 0.00000312. The number of aromatic hydroxyl groups is 1. The van der Waals surface area contributed by atoms with E-state index in [2.05, 4.69) is 22.3 Å². The molecule has 1 fully saturated rings. The minimum absolute atomic E-state index is 0. The Kier molecular flexibility index (Phi) is 10.9. The van der Waals surface area contributed by atoms with Gasteiger partial charge in [-0.1, -0.05) is 12.1 Å². The molecule has 1 aromatic carbocycles. The molecule has 1 aromatic rings. The van der Waals surface area contributed by atoms with E-state index in [1.165, 1.54) is 24.8 Å². The fourth-order valence-electron chi connectivity index (χ4n) is 3.06. The predicted molar refractivity (Wildman–Crippen MR) is 114 cm³/mol. The van der Waals surface area contributed by atoms with Gasteiger partial charge in [-0.2, -0.15) is 0 Å². The predicted octanol–water partition coefficient (Wildman–Crippen LogP) is 3.27. The van der Waals surface area contributed by atoms with Gasteiger partial charge in [0.1, 0.15) is 5.75 Å². The second-order valence-corrected chi connectivity index (χ2v) is 6.51. The largest absolute Gasteiger partial charge is 0.508 e. The molecular weight excluding hydrogens is 429 g/mol. The summed E-state index contributed by atoms with van der Waals surface area (Å²) in [5, 5.41) is 12.7. The lowest BCUT2D eigenvalue weighted by atomic mass is 9.96. The number of rotatable bonds is 7. The van der Waals surface area contributed by atoms with Crippen molar-refractivity contribution < 1.29 is 9.84 Å². The molecule has 1 aliphatic heterocycles. The van der Waals surface area contributed by atoms with Crippen LogP contribution in [-0.2, 0) is 11.2 Å². The molecule has 0 unspecified atom stereocenters. The molecule has 1 heterocycles. The summed E-state index contributed by atoms with van der Waals surface area (Å²) in [5.41, 5.74) is 1.25. The number of hydrogen-bond acceptors (Lipinski definition) is 3. The average Bonchev–Trinajstić information content (AvgIpc) is 2.62. The molecule has 0 aliphatic carbocycles. The van der Waals surface area contributed by atoms with Gasteiger partial charge in [0.05, 0.1) is 0 Å². The van der Waals surface area contributed by atoms with Crippen molar-refractivity contribution in [2.45, 2.75) is 32.1 Å². The molecule has 0 aromatic heterocycles. The first-order valence-corrected chi connectivity index (χ1v) is 8.96. The number of aryl methyl sites for hydroxylation is 1. The molecule has 1 aliphatic rings. The van der Waals surface area contributed by atoms with Gasteiger partial charge in [0.25, 0.3) is 0 Å². The Bertz CT molecular complexity index is 502.